The van der Waals surface area contributed by atoms with Crippen molar-refractivity contribution in [1.82, 2.24) is 4.98 Å². The van der Waals surface area contributed by atoms with Crippen LogP contribution in [0.2, 0.25) is 0 Å². The van der Waals surface area contributed by atoms with Crippen molar-refractivity contribution < 1.29 is 32.6 Å². The molecule has 0 bridgehead atoms. The van der Waals surface area contributed by atoms with Crippen molar-refractivity contribution in [1.29, 1.82) is 0 Å². The van der Waals surface area contributed by atoms with Crippen molar-refractivity contribution in [3.05, 3.63) is 24.0 Å². The fourth-order valence-electron chi connectivity index (χ4n) is 1.87. The van der Waals surface area contributed by atoms with Gasteiger partial charge in [-0.1, -0.05) is 0 Å². The normalized spacial score (nSPS) is 22.0. The Balaban J connectivity index is 1.96. The number of carboxylic acid groups (broad SMARTS) is 1. The predicted molar refractivity (Wildman–Crippen MR) is 63.4 cm³/mol. The Kier molecular flexibility index (Phi) is 4.12. The van der Waals surface area contributed by atoms with Crippen LogP contribution in [0, 0.1) is 0 Å². The van der Waals surface area contributed by atoms with E-state index in [-0.39, 0.29) is 18.5 Å². The number of carbonyl (C=O) groups excluding carboxylic acids is 1. The molecule has 2 rings (SSSR count). The molecular weight excluding hydrogens is 293 g/mol. The maximum absolute atomic E-state index is 12.3. The lowest BCUT2D eigenvalue weighted by Gasteiger charge is -2.12. The van der Waals surface area contributed by atoms with Gasteiger partial charge in [-0.2, -0.15) is 13.2 Å². The summed E-state index contributed by atoms with van der Waals surface area (Å²) >= 11 is 0. The number of pyridine rings is 1. The van der Waals surface area contributed by atoms with Gasteiger partial charge >= 0.3 is 12.1 Å². The SMILES string of the molecule is O=C(Nc1ccc(C(F)(F)F)nc1)[C@@H]1CC[C@H](C(=O)O)O1. The van der Waals surface area contributed by atoms with E-state index in [1.807, 2.05) is 0 Å². The van der Waals surface area contributed by atoms with Gasteiger partial charge in [0.05, 0.1) is 11.9 Å². The number of carboxylic acids is 1. The van der Waals surface area contributed by atoms with E-state index < -0.39 is 36.0 Å². The number of hydrogen-bond donors (Lipinski definition) is 2. The molecular formula is C12H11F3N2O4. The number of ether oxygens (including phenoxy) is 1. The highest BCUT2D eigenvalue weighted by molar-refractivity contribution is 5.94. The Morgan fingerprint density at radius 2 is 1.95 bits per heavy atom. The molecule has 6 nitrogen and oxygen atoms in total. The first kappa shape index (κ1) is 15.2. The Bertz CT molecular complexity index is 544. The highest BCUT2D eigenvalue weighted by Gasteiger charge is 2.35. The summed E-state index contributed by atoms with van der Waals surface area (Å²) in [6, 6.07) is 1.81. The molecule has 1 fully saturated rings. The molecule has 0 saturated carbocycles. The van der Waals surface area contributed by atoms with Crippen LogP contribution in [0.25, 0.3) is 0 Å². The summed E-state index contributed by atoms with van der Waals surface area (Å²) in [4.78, 5) is 25.7. The van der Waals surface area contributed by atoms with E-state index in [4.69, 9.17) is 9.84 Å². The minimum absolute atomic E-state index is 0.0791. The minimum Gasteiger partial charge on any atom is -0.479 e. The summed E-state index contributed by atoms with van der Waals surface area (Å²) in [5, 5.41) is 11.1. The molecule has 114 valence electrons. The lowest BCUT2D eigenvalue weighted by molar-refractivity contribution is -0.151. The van der Waals surface area contributed by atoms with Crippen molar-refractivity contribution in [3.8, 4) is 0 Å². The highest BCUT2D eigenvalue weighted by Crippen LogP contribution is 2.28. The summed E-state index contributed by atoms with van der Waals surface area (Å²) in [5.74, 6) is -1.76. The molecule has 2 heterocycles. The van der Waals surface area contributed by atoms with Crippen LogP contribution >= 0.6 is 0 Å². The van der Waals surface area contributed by atoms with Gasteiger partial charge in [-0.25, -0.2) is 9.78 Å². The van der Waals surface area contributed by atoms with Gasteiger partial charge in [0, 0.05) is 0 Å². The maximum Gasteiger partial charge on any atom is 0.433 e. The van der Waals surface area contributed by atoms with Gasteiger partial charge in [0.1, 0.15) is 11.8 Å². The number of hydrogen-bond acceptors (Lipinski definition) is 4. The van der Waals surface area contributed by atoms with Crippen LogP contribution in [0.5, 0.6) is 0 Å². The van der Waals surface area contributed by atoms with Crippen LogP contribution in [-0.4, -0.2) is 34.2 Å². The van der Waals surface area contributed by atoms with Crippen LogP contribution in [-0.2, 0) is 20.5 Å². The third-order valence-corrected chi connectivity index (χ3v) is 2.91. The number of rotatable bonds is 3. The molecule has 0 aromatic carbocycles. The lowest BCUT2D eigenvalue weighted by Crippen LogP contribution is -2.30. The monoisotopic (exact) mass is 304 g/mol. The van der Waals surface area contributed by atoms with E-state index in [2.05, 4.69) is 10.3 Å². The van der Waals surface area contributed by atoms with Crippen LogP contribution in [0.3, 0.4) is 0 Å². The zero-order valence-corrected chi connectivity index (χ0v) is 10.6. The quantitative estimate of drug-likeness (QED) is 0.887. The number of amides is 1. The largest absolute Gasteiger partial charge is 0.479 e. The van der Waals surface area contributed by atoms with Crippen molar-refractivity contribution in [2.24, 2.45) is 0 Å². The molecule has 2 N–H and O–H groups in total. The summed E-state index contributed by atoms with van der Waals surface area (Å²) in [7, 11) is 0. The zero-order valence-electron chi connectivity index (χ0n) is 10.6. The Hall–Kier alpha value is -2.16. The average Bonchev–Trinajstić information content (AvgIpc) is 2.88. The smallest absolute Gasteiger partial charge is 0.433 e. The number of halogens is 3. The van der Waals surface area contributed by atoms with E-state index in [0.29, 0.717) is 0 Å². The molecule has 2 atom stereocenters. The molecule has 0 spiro atoms. The lowest BCUT2D eigenvalue weighted by atomic mass is 10.2. The Morgan fingerprint density at radius 3 is 2.43 bits per heavy atom. The molecule has 0 aliphatic carbocycles. The molecule has 1 aliphatic heterocycles. The van der Waals surface area contributed by atoms with Gasteiger partial charge in [-0.3, -0.25) is 4.79 Å². The molecule has 0 radical (unpaired) electrons. The molecule has 1 saturated heterocycles. The molecule has 21 heavy (non-hydrogen) atoms. The van der Waals surface area contributed by atoms with Crippen molar-refractivity contribution in [2.75, 3.05) is 5.32 Å². The van der Waals surface area contributed by atoms with Crippen LogP contribution < -0.4 is 5.32 Å². The summed E-state index contributed by atoms with van der Waals surface area (Å²) < 4.78 is 42.0. The van der Waals surface area contributed by atoms with Crippen molar-refractivity contribution >= 4 is 17.6 Å². The first-order chi connectivity index (χ1) is 9.77. The Morgan fingerprint density at radius 1 is 1.29 bits per heavy atom. The molecule has 1 aromatic rings. The van der Waals surface area contributed by atoms with Gasteiger partial charge in [0.2, 0.25) is 0 Å². The fraction of sp³-hybridized carbons (Fsp3) is 0.417. The number of nitrogens with one attached hydrogen (secondary N) is 1. The highest BCUT2D eigenvalue weighted by atomic mass is 19.4. The Labute approximate surface area is 116 Å². The zero-order chi connectivity index (χ0) is 15.6. The van der Waals surface area contributed by atoms with E-state index >= 15 is 0 Å². The van der Waals surface area contributed by atoms with Crippen molar-refractivity contribution in [2.45, 2.75) is 31.2 Å². The van der Waals surface area contributed by atoms with Crippen LogP contribution in [0.4, 0.5) is 18.9 Å². The molecule has 0 unspecified atom stereocenters. The van der Waals surface area contributed by atoms with Crippen LogP contribution in [0.1, 0.15) is 18.5 Å². The van der Waals surface area contributed by atoms with E-state index in [1.165, 1.54) is 0 Å². The number of carbonyl (C=O) groups is 2. The standard InChI is InChI=1S/C12H11F3N2O4/c13-12(14,15)9-4-1-6(5-16-9)17-10(18)7-2-3-8(21-7)11(19)20/h1,4-5,7-8H,2-3H2,(H,17,18)(H,19,20)/t7-,8+/m0/s1. The van der Waals surface area contributed by atoms with E-state index in [9.17, 15) is 22.8 Å². The van der Waals surface area contributed by atoms with Crippen LogP contribution in [0.15, 0.2) is 18.3 Å². The molecule has 1 amide bonds. The van der Waals surface area contributed by atoms with Gasteiger partial charge in [-0.05, 0) is 25.0 Å². The van der Waals surface area contributed by atoms with Gasteiger partial charge in [-0.15, -0.1) is 0 Å². The average molecular weight is 304 g/mol. The molecule has 1 aliphatic rings. The van der Waals surface area contributed by atoms with E-state index in [0.717, 1.165) is 18.3 Å². The minimum atomic E-state index is -4.55. The van der Waals surface area contributed by atoms with Gasteiger partial charge in [0.15, 0.2) is 6.10 Å². The fourth-order valence-corrected chi connectivity index (χ4v) is 1.87. The second kappa shape index (κ2) is 5.68. The summed E-state index contributed by atoms with van der Waals surface area (Å²) in [6.45, 7) is 0. The second-order valence-corrected chi connectivity index (χ2v) is 4.45. The third-order valence-electron chi connectivity index (χ3n) is 2.91. The predicted octanol–water partition coefficient (Wildman–Crippen LogP) is 1.67. The van der Waals surface area contributed by atoms with Gasteiger partial charge < -0.3 is 15.2 Å². The second-order valence-electron chi connectivity index (χ2n) is 4.45. The van der Waals surface area contributed by atoms with Crippen molar-refractivity contribution in [3.63, 3.8) is 0 Å². The summed E-state index contributed by atoms with van der Waals surface area (Å²) in [6.07, 6.45) is -5.20. The molecule has 9 heteroatoms. The number of anilines is 1. The van der Waals surface area contributed by atoms with E-state index in [1.54, 1.807) is 0 Å². The number of nitrogens with zero attached hydrogens (tertiary/aromatic N) is 1. The number of aromatic nitrogens is 1. The first-order valence-electron chi connectivity index (χ1n) is 6.00. The van der Waals surface area contributed by atoms with Gasteiger partial charge in [0.25, 0.3) is 5.91 Å². The molecule has 1 aromatic heterocycles. The third kappa shape index (κ3) is 3.69. The maximum atomic E-state index is 12.3. The number of alkyl halides is 3. The number of aliphatic carboxylic acids is 1. The summed E-state index contributed by atoms with van der Waals surface area (Å²) in [5.41, 5.74) is -0.987. The first-order valence-corrected chi connectivity index (χ1v) is 6.00. The topological polar surface area (TPSA) is 88.5 Å².